The largest absolute Gasteiger partial charge is 0.478 e. The molecule has 1 atom stereocenters. The molecule has 0 saturated carbocycles. The van der Waals surface area contributed by atoms with Gasteiger partial charge in [-0.3, -0.25) is 0 Å². The van der Waals surface area contributed by atoms with Crippen molar-refractivity contribution in [1.29, 1.82) is 0 Å². The highest BCUT2D eigenvalue weighted by molar-refractivity contribution is 5.87. The molecule has 1 aliphatic rings. The number of rotatable bonds is 1. The van der Waals surface area contributed by atoms with Crippen LogP contribution in [0.2, 0.25) is 0 Å². The number of hydrogen-bond donors (Lipinski definition) is 2. The van der Waals surface area contributed by atoms with Crippen LogP contribution in [0.3, 0.4) is 0 Å². The minimum absolute atomic E-state index is 0.0381. The van der Waals surface area contributed by atoms with Crippen molar-refractivity contribution in [2.24, 2.45) is 5.73 Å². The third kappa shape index (κ3) is 1.29. The van der Waals surface area contributed by atoms with Crippen LogP contribution in [0.4, 0.5) is 0 Å². The van der Waals surface area contributed by atoms with E-state index in [-0.39, 0.29) is 6.04 Å². The molecule has 1 rings (SSSR count). The normalized spacial score (nSPS) is 25.9. The monoisotopic (exact) mass is 127 g/mol. The number of carboxylic acids is 1. The van der Waals surface area contributed by atoms with Crippen LogP contribution >= 0.6 is 0 Å². The summed E-state index contributed by atoms with van der Waals surface area (Å²) < 4.78 is 0. The summed E-state index contributed by atoms with van der Waals surface area (Å²) in [7, 11) is 0. The van der Waals surface area contributed by atoms with Crippen molar-refractivity contribution in [1.82, 2.24) is 0 Å². The van der Waals surface area contributed by atoms with Gasteiger partial charge in [-0.25, -0.2) is 4.79 Å². The first-order valence-corrected chi connectivity index (χ1v) is 2.88. The fourth-order valence-electron chi connectivity index (χ4n) is 0.917. The predicted octanol–water partition coefficient (Wildman–Crippen LogP) is 0.118. The van der Waals surface area contributed by atoms with Crippen LogP contribution in [-0.2, 0) is 4.79 Å². The Balaban J connectivity index is 2.55. The van der Waals surface area contributed by atoms with Crippen LogP contribution in [0.5, 0.6) is 0 Å². The molecule has 0 spiro atoms. The quantitative estimate of drug-likeness (QED) is 0.525. The van der Waals surface area contributed by atoms with Crippen LogP contribution in [0.25, 0.3) is 0 Å². The van der Waals surface area contributed by atoms with Gasteiger partial charge in [0, 0.05) is 11.6 Å². The summed E-state index contributed by atoms with van der Waals surface area (Å²) in [4.78, 5) is 10.2. The molecule has 0 bridgehead atoms. The highest BCUT2D eigenvalue weighted by atomic mass is 16.4. The second-order valence-electron chi connectivity index (χ2n) is 2.23. The molecule has 0 saturated heterocycles. The smallest absolute Gasteiger partial charge is 0.331 e. The van der Waals surface area contributed by atoms with Gasteiger partial charge in [-0.05, 0) is 12.8 Å². The van der Waals surface area contributed by atoms with Gasteiger partial charge in [-0.1, -0.05) is 6.08 Å². The lowest BCUT2D eigenvalue weighted by Gasteiger charge is -1.97. The van der Waals surface area contributed by atoms with E-state index in [1.165, 1.54) is 0 Å². The van der Waals surface area contributed by atoms with E-state index in [1.54, 1.807) is 6.08 Å². The van der Waals surface area contributed by atoms with Gasteiger partial charge in [0.25, 0.3) is 0 Å². The molecule has 0 radical (unpaired) electrons. The molecule has 3 N–H and O–H groups in total. The van der Waals surface area contributed by atoms with E-state index in [4.69, 9.17) is 10.8 Å². The van der Waals surface area contributed by atoms with Crippen molar-refractivity contribution in [3.8, 4) is 0 Å². The molecule has 50 valence electrons. The van der Waals surface area contributed by atoms with E-state index >= 15 is 0 Å². The molecule has 3 nitrogen and oxygen atoms in total. The van der Waals surface area contributed by atoms with Crippen LogP contribution in [-0.4, -0.2) is 17.1 Å². The Morgan fingerprint density at radius 1 is 1.89 bits per heavy atom. The maximum absolute atomic E-state index is 10.2. The zero-order valence-corrected chi connectivity index (χ0v) is 5.00. The second-order valence-corrected chi connectivity index (χ2v) is 2.23. The average molecular weight is 127 g/mol. The molecule has 0 amide bonds. The zero-order valence-electron chi connectivity index (χ0n) is 5.00. The molecule has 0 aliphatic heterocycles. The predicted molar refractivity (Wildman–Crippen MR) is 32.9 cm³/mol. The highest BCUT2D eigenvalue weighted by Gasteiger charge is 2.17. The topological polar surface area (TPSA) is 63.3 Å². The van der Waals surface area contributed by atoms with Gasteiger partial charge in [0.1, 0.15) is 0 Å². The lowest BCUT2D eigenvalue weighted by molar-refractivity contribution is -0.132. The molecule has 0 aromatic rings. The SMILES string of the molecule is N[C@@H]1CC=C(C(=O)O)C1. The van der Waals surface area contributed by atoms with Crippen molar-refractivity contribution in [2.45, 2.75) is 18.9 Å². The number of carboxylic acid groups (broad SMARTS) is 1. The molecule has 9 heavy (non-hydrogen) atoms. The van der Waals surface area contributed by atoms with Gasteiger partial charge in [-0.15, -0.1) is 0 Å². The number of carbonyl (C=O) groups is 1. The summed E-state index contributed by atoms with van der Waals surface area (Å²) in [6.07, 6.45) is 2.92. The molecule has 1 aliphatic carbocycles. The van der Waals surface area contributed by atoms with Crippen molar-refractivity contribution in [2.75, 3.05) is 0 Å². The summed E-state index contributed by atoms with van der Waals surface area (Å²) in [5.41, 5.74) is 5.91. The molecule has 0 heterocycles. The minimum Gasteiger partial charge on any atom is -0.478 e. The van der Waals surface area contributed by atoms with Gasteiger partial charge in [0.15, 0.2) is 0 Å². The maximum atomic E-state index is 10.2. The molecule has 0 unspecified atom stereocenters. The Labute approximate surface area is 53.2 Å². The highest BCUT2D eigenvalue weighted by Crippen LogP contribution is 2.16. The minimum atomic E-state index is -0.831. The molecular formula is C6H9NO2. The van der Waals surface area contributed by atoms with Gasteiger partial charge in [0.05, 0.1) is 0 Å². The first-order chi connectivity index (χ1) is 4.20. The Bertz CT molecular complexity index is 162. The number of nitrogens with two attached hydrogens (primary N) is 1. The standard InChI is InChI=1S/C6H9NO2/c7-5-2-1-4(3-5)6(8)9/h1,5H,2-3,7H2,(H,8,9)/t5-/m1/s1. The van der Waals surface area contributed by atoms with Crippen LogP contribution < -0.4 is 5.73 Å². The summed E-state index contributed by atoms with van der Waals surface area (Å²) in [5.74, 6) is -0.831. The van der Waals surface area contributed by atoms with E-state index < -0.39 is 5.97 Å². The number of aliphatic carboxylic acids is 1. The fraction of sp³-hybridized carbons (Fsp3) is 0.500. The molecule has 0 aromatic heterocycles. The lowest BCUT2D eigenvalue weighted by atomic mass is 10.2. The Morgan fingerprint density at radius 2 is 2.56 bits per heavy atom. The van der Waals surface area contributed by atoms with E-state index in [9.17, 15) is 4.79 Å². The number of hydrogen-bond acceptors (Lipinski definition) is 2. The summed E-state index contributed by atoms with van der Waals surface area (Å²) >= 11 is 0. The first-order valence-electron chi connectivity index (χ1n) is 2.88. The van der Waals surface area contributed by atoms with Crippen molar-refractivity contribution in [3.05, 3.63) is 11.6 Å². The zero-order chi connectivity index (χ0) is 6.85. The molecular weight excluding hydrogens is 118 g/mol. The Kier molecular flexibility index (Phi) is 1.53. The van der Waals surface area contributed by atoms with Crippen LogP contribution in [0.15, 0.2) is 11.6 Å². The van der Waals surface area contributed by atoms with Crippen LogP contribution in [0, 0.1) is 0 Å². The van der Waals surface area contributed by atoms with E-state index in [2.05, 4.69) is 0 Å². The summed E-state index contributed by atoms with van der Waals surface area (Å²) in [6, 6.07) is 0.0381. The molecule has 0 fully saturated rings. The molecule has 0 aromatic carbocycles. The third-order valence-corrected chi connectivity index (χ3v) is 1.42. The van der Waals surface area contributed by atoms with E-state index in [1.807, 2.05) is 0 Å². The summed E-state index contributed by atoms with van der Waals surface area (Å²) in [5, 5.41) is 8.41. The second kappa shape index (κ2) is 2.19. The van der Waals surface area contributed by atoms with Crippen molar-refractivity contribution >= 4 is 5.97 Å². The first kappa shape index (κ1) is 6.29. The van der Waals surface area contributed by atoms with Gasteiger partial charge >= 0.3 is 5.97 Å². The average Bonchev–Trinajstić information content (AvgIpc) is 2.14. The van der Waals surface area contributed by atoms with E-state index in [0.717, 1.165) is 0 Å². The van der Waals surface area contributed by atoms with Gasteiger partial charge in [0.2, 0.25) is 0 Å². The van der Waals surface area contributed by atoms with Crippen molar-refractivity contribution in [3.63, 3.8) is 0 Å². The fourth-order valence-corrected chi connectivity index (χ4v) is 0.917. The third-order valence-electron chi connectivity index (χ3n) is 1.42. The Morgan fingerprint density at radius 3 is 2.78 bits per heavy atom. The maximum Gasteiger partial charge on any atom is 0.331 e. The Hall–Kier alpha value is -0.830. The van der Waals surface area contributed by atoms with Gasteiger partial charge in [-0.2, -0.15) is 0 Å². The molecule has 3 heteroatoms. The van der Waals surface area contributed by atoms with Crippen molar-refractivity contribution < 1.29 is 9.90 Å². The lowest BCUT2D eigenvalue weighted by Crippen LogP contribution is -2.16. The van der Waals surface area contributed by atoms with Gasteiger partial charge < -0.3 is 10.8 Å². The summed E-state index contributed by atoms with van der Waals surface area (Å²) in [6.45, 7) is 0. The van der Waals surface area contributed by atoms with E-state index in [0.29, 0.717) is 18.4 Å². The van der Waals surface area contributed by atoms with Crippen LogP contribution in [0.1, 0.15) is 12.8 Å².